The zero-order valence-corrected chi connectivity index (χ0v) is 56.7. The van der Waals surface area contributed by atoms with Crippen molar-refractivity contribution < 1.29 is 47.5 Å². The fourth-order valence-corrected chi connectivity index (χ4v) is 13.2. The zero-order chi connectivity index (χ0) is 65.6. The van der Waals surface area contributed by atoms with Crippen molar-refractivity contribution in [2.45, 2.75) is 185 Å². The summed E-state index contributed by atoms with van der Waals surface area (Å²) in [5.74, 6) is 5.29. The molecule has 0 unspecified atom stereocenters. The predicted octanol–water partition coefficient (Wildman–Crippen LogP) is 21.7. The third-order valence-corrected chi connectivity index (χ3v) is 18.0. The van der Waals surface area contributed by atoms with Crippen LogP contribution >= 0.6 is 0 Å². The Bertz CT molecular complexity index is 4100. The molecule has 10 heteroatoms. The van der Waals surface area contributed by atoms with E-state index in [0.717, 1.165) is 200 Å². The van der Waals surface area contributed by atoms with Crippen LogP contribution in [0.1, 0.15) is 180 Å². The molecule has 0 aliphatic rings. The molecule has 0 heterocycles. The van der Waals surface area contributed by atoms with Gasteiger partial charge in [0.1, 0.15) is 34.5 Å². The van der Waals surface area contributed by atoms with Crippen LogP contribution in [0.4, 0.5) is 0 Å². The molecule has 9 aromatic rings. The quantitative estimate of drug-likeness (QED) is 0.0137. The van der Waals surface area contributed by atoms with Crippen molar-refractivity contribution in [3.8, 4) is 80.2 Å². The monoisotopic (exact) mass is 1240 g/mol. The van der Waals surface area contributed by atoms with Gasteiger partial charge < -0.3 is 37.9 Å². The van der Waals surface area contributed by atoms with Crippen molar-refractivity contribution in [3.63, 3.8) is 0 Å². The molecule has 9 aromatic carbocycles. The molecule has 0 atom stereocenters. The first-order valence-electron chi connectivity index (χ1n) is 33.5. The molecule has 482 valence electrons. The molecule has 0 N–H and O–H groups in total. The largest absolute Gasteiger partial charge is 0.490 e. The number of rotatable bonds is 31. The Hall–Kier alpha value is -8.36. The molecular weight excluding hydrogens is 1140 g/mol. The standard InChI is InChI=1S/C82H94O10/c1-15-21-26-59(27-22-16-2)89-63-39-51(7)78(52(8)40-63)73-47-69-55(11)56(12)70-48-74(79-53(9)41-64(42-54(79)10)90-60(28-23-17-3)29-24-18-4)66-38-34-62(46-72(66)81(70)80(69)71-45-61(33-37-65(71)73)91-77(83)30-25-19-5)92-82(84)58-32-36-68(76(44-58)88-50-86-14)67-35-31-57(20-6)43-75(67)87-49-85-13/h6,31-48,59-60H,15-19,21-30,49-50H2,1-5,7-14H3. The fourth-order valence-electron chi connectivity index (χ4n) is 13.2. The first kappa shape index (κ1) is 68.0. The first-order chi connectivity index (χ1) is 44.6. The van der Waals surface area contributed by atoms with Gasteiger partial charge >= 0.3 is 11.9 Å². The summed E-state index contributed by atoms with van der Waals surface area (Å²) in [6.45, 7) is 24.1. The van der Waals surface area contributed by atoms with Crippen LogP contribution in [-0.2, 0) is 14.3 Å². The molecule has 9 rings (SSSR count). The minimum absolute atomic E-state index is 0.00770. The van der Waals surface area contributed by atoms with E-state index in [1.165, 1.54) is 7.11 Å². The number of benzene rings is 9. The highest BCUT2D eigenvalue weighted by molar-refractivity contribution is 6.32. The van der Waals surface area contributed by atoms with E-state index >= 15 is 0 Å². The van der Waals surface area contributed by atoms with Gasteiger partial charge in [0.25, 0.3) is 0 Å². The van der Waals surface area contributed by atoms with Crippen LogP contribution in [0.5, 0.6) is 34.5 Å². The second-order valence-corrected chi connectivity index (χ2v) is 24.9. The Balaban J connectivity index is 1.29. The van der Waals surface area contributed by atoms with Gasteiger partial charge in [0.2, 0.25) is 0 Å². The van der Waals surface area contributed by atoms with E-state index in [1.54, 1.807) is 31.4 Å². The minimum atomic E-state index is -0.586. The predicted molar refractivity (Wildman–Crippen MR) is 378 cm³/mol. The van der Waals surface area contributed by atoms with E-state index in [0.29, 0.717) is 46.1 Å². The van der Waals surface area contributed by atoms with E-state index < -0.39 is 5.97 Å². The van der Waals surface area contributed by atoms with Gasteiger partial charge in [-0.1, -0.05) is 110 Å². The molecule has 0 saturated heterocycles. The topological polar surface area (TPSA) is 108 Å². The number of unbranched alkanes of at least 4 members (excludes halogenated alkanes) is 5. The van der Waals surface area contributed by atoms with Crippen LogP contribution in [0, 0.1) is 53.9 Å². The molecule has 92 heavy (non-hydrogen) atoms. The summed E-state index contributed by atoms with van der Waals surface area (Å²) in [6, 6.07) is 36.3. The maximum atomic E-state index is 14.8. The van der Waals surface area contributed by atoms with Crippen molar-refractivity contribution in [3.05, 3.63) is 154 Å². The summed E-state index contributed by atoms with van der Waals surface area (Å²) in [6.07, 6.45) is 21.1. The smallest absolute Gasteiger partial charge is 0.343 e. The summed E-state index contributed by atoms with van der Waals surface area (Å²) in [7, 11) is 3.09. The van der Waals surface area contributed by atoms with Gasteiger partial charge in [0.05, 0.1) is 17.8 Å². The number of hydrogen-bond acceptors (Lipinski definition) is 10. The van der Waals surface area contributed by atoms with Crippen molar-refractivity contribution in [1.82, 2.24) is 0 Å². The second kappa shape index (κ2) is 31.8. The van der Waals surface area contributed by atoms with Crippen LogP contribution in [0.25, 0.3) is 76.5 Å². The van der Waals surface area contributed by atoms with Crippen LogP contribution in [0.2, 0.25) is 0 Å². The van der Waals surface area contributed by atoms with Crippen LogP contribution in [-0.4, -0.2) is 52.0 Å². The lowest BCUT2D eigenvalue weighted by Gasteiger charge is -2.24. The molecule has 0 aliphatic heterocycles. The first-order valence-corrected chi connectivity index (χ1v) is 33.5. The highest BCUT2D eigenvalue weighted by Crippen LogP contribution is 2.50. The van der Waals surface area contributed by atoms with Gasteiger partial charge in [-0.25, -0.2) is 4.79 Å². The number of carbonyl (C=O) groups excluding carboxylic acids is 2. The van der Waals surface area contributed by atoms with Gasteiger partial charge in [-0.15, -0.1) is 6.42 Å². The van der Waals surface area contributed by atoms with Crippen molar-refractivity contribution in [2.75, 3.05) is 27.8 Å². The van der Waals surface area contributed by atoms with E-state index in [-0.39, 0.29) is 37.3 Å². The lowest BCUT2D eigenvalue weighted by molar-refractivity contribution is -0.134. The number of fused-ring (bicyclic) bond motifs is 7. The highest BCUT2D eigenvalue weighted by Gasteiger charge is 2.26. The summed E-state index contributed by atoms with van der Waals surface area (Å²) in [5.41, 5.74) is 13.2. The van der Waals surface area contributed by atoms with Crippen LogP contribution in [0.15, 0.2) is 109 Å². The molecule has 0 saturated carbocycles. The molecule has 0 spiro atoms. The van der Waals surface area contributed by atoms with Crippen molar-refractivity contribution >= 4 is 55.0 Å². The molecule has 10 nitrogen and oxygen atoms in total. The van der Waals surface area contributed by atoms with Crippen LogP contribution < -0.4 is 28.4 Å². The molecule has 0 bridgehead atoms. The molecular formula is C82H94O10. The van der Waals surface area contributed by atoms with Crippen LogP contribution in [0.3, 0.4) is 0 Å². The maximum Gasteiger partial charge on any atom is 0.343 e. The third kappa shape index (κ3) is 15.4. The van der Waals surface area contributed by atoms with Gasteiger partial charge in [-0.05, 0) is 269 Å². The number of methoxy groups -OCH3 is 2. The SMILES string of the molecule is C#Cc1ccc(-c2ccc(C(=O)Oc3ccc4c(-c5c(C)cc(OC(CCCC)CCCC)cc5C)cc5c(C)c(C)c6cc(-c7c(C)cc(OC(CCCC)CCCC)cc7C)c7ccc(OC(=O)CCCC)cc7c6c5c4c3)cc2OCOC)c(OCOC)c1. The van der Waals surface area contributed by atoms with Crippen molar-refractivity contribution in [2.24, 2.45) is 0 Å². The molecule has 0 radical (unpaired) electrons. The lowest BCUT2D eigenvalue weighted by Crippen LogP contribution is -2.16. The normalized spacial score (nSPS) is 11.5. The van der Waals surface area contributed by atoms with Crippen molar-refractivity contribution in [1.29, 1.82) is 0 Å². The summed E-state index contributed by atoms with van der Waals surface area (Å²) >= 11 is 0. The Kier molecular flexibility index (Phi) is 23.5. The minimum Gasteiger partial charge on any atom is -0.490 e. The summed E-state index contributed by atoms with van der Waals surface area (Å²) in [5, 5.41) is 7.91. The Labute approximate surface area is 546 Å². The number of ether oxygens (including phenoxy) is 8. The number of hydrogen-bond donors (Lipinski definition) is 0. The third-order valence-electron chi connectivity index (χ3n) is 18.0. The summed E-state index contributed by atoms with van der Waals surface area (Å²) < 4.78 is 49.3. The molecule has 0 fully saturated rings. The molecule has 0 amide bonds. The fraction of sp³-hybridized carbons (Fsp3) is 0.390. The average molecular weight is 1240 g/mol. The van der Waals surface area contributed by atoms with Gasteiger partial charge in [-0.2, -0.15) is 0 Å². The second-order valence-electron chi connectivity index (χ2n) is 24.9. The molecule has 0 aromatic heterocycles. The Morgan fingerprint density at radius 1 is 0.435 bits per heavy atom. The van der Waals surface area contributed by atoms with Gasteiger partial charge in [0.15, 0.2) is 13.6 Å². The van der Waals surface area contributed by atoms with Gasteiger partial charge in [-0.3, -0.25) is 4.79 Å². The van der Waals surface area contributed by atoms with E-state index in [4.69, 9.17) is 44.3 Å². The van der Waals surface area contributed by atoms with E-state index in [2.05, 4.69) is 137 Å². The van der Waals surface area contributed by atoms with E-state index in [1.807, 2.05) is 30.3 Å². The lowest BCUT2D eigenvalue weighted by atomic mass is 9.81. The number of terminal acetylenes is 1. The number of carbonyl (C=O) groups is 2. The van der Waals surface area contributed by atoms with Gasteiger partial charge in [0, 0.05) is 37.3 Å². The highest BCUT2D eigenvalue weighted by atomic mass is 16.7. The number of esters is 2. The number of aryl methyl sites for hydroxylation is 6. The zero-order valence-electron chi connectivity index (χ0n) is 56.7. The maximum absolute atomic E-state index is 14.8. The van der Waals surface area contributed by atoms with E-state index in [9.17, 15) is 9.59 Å². The Morgan fingerprint density at radius 3 is 1.28 bits per heavy atom. The average Bonchev–Trinajstić information content (AvgIpc) is 0.709. The Morgan fingerprint density at radius 2 is 0.859 bits per heavy atom. The molecule has 0 aliphatic carbocycles. The summed E-state index contributed by atoms with van der Waals surface area (Å²) in [4.78, 5) is 28.4.